The van der Waals surface area contributed by atoms with E-state index < -0.39 is 5.82 Å². The third kappa shape index (κ3) is 4.81. The number of carbonyl (C=O) groups excluding carboxylic acids is 1. The van der Waals surface area contributed by atoms with Crippen LogP contribution in [-0.2, 0) is 11.3 Å². The number of piperidine rings is 1. The zero-order valence-corrected chi connectivity index (χ0v) is 17.3. The number of nitrogen functional groups attached to an aromatic ring is 1. The van der Waals surface area contributed by atoms with Crippen LogP contribution in [0.2, 0.25) is 0 Å². The fraction of sp³-hybridized carbons (Fsp3) is 0.261. The molecule has 3 heterocycles. The van der Waals surface area contributed by atoms with Crippen LogP contribution >= 0.6 is 0 Å². The van der Waals surface area contributed by atoms with Crippen molar-refractivity contribution in [2.24, 2.45) is 5.92 Å². The molecule has 1 aromatic carbocycles. The molecule has 162 valence electrons. The first-order chi connectivity index (χ1) is 15.5. The smallest absolute Gasteiger partial charge is 0.225 e. The summed E-state index contributed by atoms with van der Waals surface area (Å²) in [7, 11) is 0. The van der Waals surface area contributed by atoms with E-state index in [-0.39, 0.29) is 23.3 Å². The summed E-state index contributed by atoms with van der Waals surface area (Å²) in [5, 5.41) is 11.9. The molecule has 3 aromatic rings. The molecule has 4 rings (SSSR count). The van der Waals surface area contributed by atoms with Crippen molar-refractivity contribution in [1.82, 2.24) is 20.3 Å². The first-order valence-corrected chi connectivity index (χ1v) is 10.3. The Morgan fingerprint density at radius 2 is 2.06 bits per heavy atom. The number of pyridine rings is 1. The summed E-state index contributed by atoms with van der Waals surface area (Å²) in [6.07, 6.45) is 5.01. The predicted octanol–water partition coefficient (Wildman–Crippen LogP) is 2.66. The number of amides is 1. The van der Waals surface area contributed by atoms with Gasteiger partial charge in [-0.15, -0.1) is 0 Å². The molecule has 0 spiro atoms. The van der Waals surface area contributed by atoms with Crippen molar-refractivity contribution in [1.29, 1.82) is 5.26 Å². The van der Waals surface area contributed by atoms with Crippen molar-refractivity contribution >= 4 is 17.7 Å². The van der Waals surface area contributed by atoms with E-state index in [9.17, 15) is 9.18 Å². The number of nitriles is 1. The van der Waals surface area contributed by atoms with Crippen LogP contribution in [0, 0.1) is 23.1 Å². The quantitative estimate of drug-likeness (QED) is 0.637. The van der Waals surface area contributed by atoms with E-state index >= 15 is 0 Å². The molecular weight excluding hydrogens is 409 g/mol. The summed E-state index contributed by atoms with van der Waals surface area (Å²) < 4.78 is 14.1. The minimum absolute atomic E-state index is 0.0112. The van der Waals surface area contributed by atoms with Gasteiger partial charge in [-0.2, -0.15) is 10.2 Å². The first kappa shape index (κ1) is 21.2. The van der Waals surface area contributed by atoms with Crippen molar-refractivity contribution in [3.05, 3.63) is 65.7 Å². The summed E-state index contributed by atoms with van der Waals surface area (Å²) in [5.41, 5.74) is 7.84. The summed E-state index contributed by atoms with van der Waals surface area (Å²) in [6, 6.07) is 11.6. The molecule has 0 radical (unpaired) electrons. The summed E-state index contributed by atoms with van der Waals surface area (Å²) in [4.78, 5) is 27.3. The van der Waals surface area contributed by atoms with Crippen molar-refractivity contribution in [3.63, 3.8) is 0 Å². The van der Waals surface area contributed by atoms with Gasteiger partial charge >= 0.3 is 0 Å². The summed E-state index contributed by atoms with van der Waals surface area (Å²) in [5.74, 6) is -0.163. The van der Waals surface area contributed by atoms with E-state index in [0.29, 0.717) is 30.2 Å². The standard InChI is InChI=1S/C23H22FN7O/c24-19-10-16(3-4-17(19)12-25)20-11-21(30-23(26)29-20)31-9-1-2-18(14-31)22(32)28-13-15-5-7-27-8-6-15/h3-8,10-11,18H,1-2,9,13-14H2,(H,28,32)(H2,26,29,30)/t18-/m0/s1. The number of rotatable bonds is 5. The Bertz CT molecular complexity index is 1160. The number of carbonyl (C=O) groups is 1. The Balaban J connectivity index is 1.49. The Kier molecular flexibility index (Phi) is 6.22. The number of nitrogens with two attached hydrogens (primary N) is 1. The second-order valence-corrected chi connectivity index (χ2v) is 7.63. The van der Waals surface area contributed by atoms with Gasteiger partial charge in [0.05, 0.1) is 17.2 Å². The lowest BCUT2D eigenvalue weighted by atomic mass is 9.97. The molecule has 2 aromatic heterocycles. The van der Waals surface area contributed by atoms with E-state index in [1.54, 1.807) is 30.6 Å². The number of anilines is 2. The molecule has 3 N–H and O–H groups in total. The van der Waals surface area contributed by atoms with Gasteiger partial charge in [0.2, 0.25) is 11.9 Å². The Hall–Kier alpha value is -4.06. The lowest BCUT2D eigenvalue weighted by Crippen LogP contribution is -2.43. The van der Waals surface area contributed by atoms with Gasteiger partial charge in [-0.1, -0.05) is 6.07 Å². The Morgan fingerprint density at radius 3 is 2.81 bits per heavy atom. The normalized spacial score (nSPS) is 15.8. The molecule has 1 fully saturated rings. The van der Waals surface area contributed by atoms with Crippen molar-refractivity contribution in [2.75, 3.05) is 23.7 Å². The highest BCUT2D eigenvalue weighted by Gasteiger charge is 2.27. The maximum atomic E-state index is 14.1. The molecule has 8 nitrogen and oxygen atoms in total. The Morgan fingerprint density at radius 1 is 1.25 bits per heavy atom. The largest absolute Gasteiger partial charge is 0.368 e. The molecule has 1 aliphatic rings. The average molecular weight is 431 g/mol. The number of nitrogens with one attached hydrogen (secondary N) is 1. The van der Waals surface area contributed by atoms with Crippen LogP contribution in [0.4, 0.5) is 16.2 Å². The van der Waals surface area contributed by atoms with Crippen LogP contribution in [0.1, 0.15) is 24.0 Å². The Labute approximate surface area is 184 Å². The molecule has 0 bridgehead atoms. The van der Waals surface area contributed by atoms with Gasteiger partial charge in [-0.25, -0.2) is 9.37 Å². The highest BCUT2D eigenvalue weighted by molar-refractivity contribution is 5.79. The summed E-state index contributed by atoms with van der Waals surface area (Å²) >= 11 is 0. The van der Waals surface area contributed by atoms with E-state index in [2.05, 4.69) is 20.3 Å². The molecular formula is C23H22FN7O. The van der Waals surface area contributed by atoms with Crippen LogP contribution in [0.3, 0.4) is 0 Å². The van der Waals surface area contributed by atoms with Gasteiger partial charge in [0, 0.05) is 43.7 Å². The number of benzene rings is 1. The molecule has 1 amide bonds. The molecule has 1 atom stereocenters. The molecule has 0 unspecified atom stereocenters. The number of hydrogen-bond acceptors (Lipinski definition) is 7. The van der Waals surface area contributed by atoms with E-state index in [1.807, 2.05) is 17.0 Å². The fourth-order valence-corrected chi connectivity index (χ4v) is 3.76. The summed E-state index contributed by atoms with van der Waals surface area (Å²) in [6.45, 7) is 1.68. The van der Waals surface area contributed by atoms with Gasteiger partial charge < -0.3 is 16.0 Å². The van der Waals surface area contributed by atoms with Crippen molar-refractivity contribution < 1.29 is 9.18 Å². The van der Waals surface area contributed by atoms with Gasteiger partial charge in [0.15, 0.2) is 0 Å². The van der Waals surface area contributed by atoms with E-state index in [4.69, 9.17) is 11.0 Å². The second-order valence-electron chi connectivity index (χ2n) is 7.63. The van der Waals surface area contributed by atoms with E-state index in [1.165, 1.54) is 12.1 Å². The van der Waals surface area contributed by atoms with Crippen LogP contribution in [-0.4, -0.2) is 33.9 Å². The third-order valence-electron chi connectivity index (χ3n) is 5.45. The topological polar surface area (TPSA) is 121 Å². The number of aromatic nitrogens is 3. The zero-order valence-electron chi connectivity index (χ0n) is 17.3. The minimum Gasteiger partial charge on any atom is -0.368 e. The van der Waals surface area contributed by atoms with Gasteiger partial charge in [0.1, 0.15) is 17.7 Å². The molecule has 0 saturated carbocycles. The fourth-order valence-electron chi connectivity index (χ4n) is 3.76. The highest BCUT2D eigenvalue weighted by atomic mass is 19.1. The lowest BCUT2D eigenvalue weighted by Gasteiger charge is -2.33. The number of halogens is 1. The first-order valence-electron chi connectivity index (χ1n) is 10.3. The van der Waals surface area contributed by atoms with Crippen molar-refractivity contribution in [2.45, 2.75) is 19.4 Å². The predicted molar refractivity (Wildman–Crippen MR) is 118 cm³/mol. The molecule has 32 heavy (non-hydrogen) atoms. The van der Waals surface area contributed by atoms with Crippen LogP contribution in [0.5, 0.6) is 0 Å². The SMILES string of the molecule is N#Cc1ccc(-c2cc(N3CCC[C@H](C(=O)NCc4ccncc4)C3)nc(N)n2)cc1F. The highest BCUT2D eigenvalue weighted by Crippen LogP contribution is 2.27. The second kappa shape index (κ2) is 9.39. The zero-order chi connectivity index (χ0) is 22.5. The lowest BCUT2D eigenvalue weighted by molar-refractivity contribution is -0.125. The molecule has 1 aliphatic heterocycles. The van der Waals surface area contributed by atoms with Gasteiger partial charge in [-0.05, 0) is 42.7 Å². The maximum absolute atomic E-state index is 14.1. The van der Waals surface area contributed by atoms with Crippen molar-refractivity contribution in [3.8, 4) is 17.3 Å². The van der Waals surface area contributed by atoms with Crippen LogP contribution in [0.25, 0.3) is 11.3 Å². The number of hydrogen-bond donors (Lipinski definition) is 2. The van der Waals surface area contributed by atoms with Gasteiger partial charge in [-0.3, -0.25) is 9.78 Å². The third-order valence-corrected chi connectivity index (χ3v) is 5.45. The molecule has 0 aliphatic carbocycles. The van der Waals surface area contributed by atoms with Gasteiger partial charge in [0.25, 0.3) is 0 Å². The average Bonchev–Trinajstić information content (AvgIpc) is 2.83. The van der Waals surface area contributed by atoms with Crippen LogP contribution in [0.15, 0.2) is 48.8 Å². The monoisotopic (exact) mass is 431 g/mol. The molecule has 1 saturated heterocycles. The maximum Gasteiger partial charge on any atom is 0.225 e. The van der Waals surface area contributed by atoms with E-state index in [0.717, 1.165) is 24.9 Å². The minimum atomic E-state index is -0.618. The van der Waals surface area contributed by atoms with Crippen LogP contribution < -0.4 is 16.0 Å². The molecule has 9 heteroatoms. The number of nitrogens with zero attached hydrogens (tertiary/aromatic N) is 5.